The van der Waals surface area contributed by atoms with Gasteiger partial charge in [-0.2, -0.15) is 0 Å². The minimum atomic E-state index is -0.618. The molecule has 0 saturated heterocycles. The van der Waals surface area contributed by atoms with Crippen molar-refractivity contribution in [1.29, 1.82) is 0 Å². The summed E-state index contributed by atoms with van der Waals surface area (Å²) >= 11 is 5.54. The van der Waals surface area contributed by atoms with Crippen LogP contribution < -0.4 is 11.1 Å². The molecule has 0 aliphatic carbocycles. The molecule has 6 heteroatoms. The smallest absolute Gasteiger partial charge is 0.327 e. The van der Waals surface area contributed by atoms with Gasteiger partial charge in [0.15, 0.2) is 0 Å². The molecule has 0 heterocycles. The molecule has 0 saturated carbocycles. The molecule has 3 N–H and O–H groups in total. The normalized spacial score (nSPS) is 12.0. The molecule has 0 aliphatic rings. The lowest BCUT2D eigenvalue weighted by Crippen LogP contribution is -2.27. The average molecular weight is 247 g/mol. The number of nitrogen functional groups attached to an aromatic ring is 1. The van der Waals surface area contributed by atoms with Crippen molar-refractivity contribution in [3.05, 3.63) is 23.0 Å². The van der Waals surface area contributed by atoms with E-state index < -0.39 is 17.8 Å². The lowest BCUT2D eigenvalue weighted by atomic mass is 10.2. The van der Waals surface area contributed by atoms with Gasteiger partial charge in [0.05, 0.1) is 23.5 Å². The van der Waals surface area contributed by atoms with Crippen molar-refractivity contribution >= 4 is 28.9 Å². The Morgan fingerprint density at radius 1 is 1.62 bits per heavy atom. The van der Waals surface area contributed by atoms with Crippen molar-refractivity contribution in [3.8, 4) is 0 Å². The Balaban J connectivity index is 2.89. The molecule has 0 spiro atoms. The van der Waals surface area contributed by atoms with Crippen LogP contribution in [-0.4, -0.2) is 19.1 Å². The van der Waals surface area contributed by atoms with Crippen molar-refractivity contribution in [3.63, 3.8) is 0 Å². The lowest BCUT2D eigenvalue weighted by molar-refractivity contribution is -0.141. The fraction of sp³-hybridized carbons (Fsp3) is 0.300. The summed E-state index contributed by atoms with van der Waals surface area (Å²) in [6, 6.07) is 1.80. The number of nitrogens with two attached hydrogens (primary N) is 1. The number of nitrogens with one attached hydrogen (secondary N) is 1. The maximum absolute atomic E-state index is 13.1. The Hall–Kier alpha value is -1.49. The Morgan fingerprint density at radius 3 is 2.81 bits per heavy atom. The molecule has 0 amide bonds. The number of halogens is 2. The van der Waals surface area contributed by atoms with Crippen LogP contribution >= 0.6 is 11.6 Å². The van der Waals surface area contributed by atoms with Crippen LogP contribution in [0, 0.1) is 5.82 Å². The van der Waals surface area contributed by atoms with Crippen LogP contribution in [0.1, 0.15) is 6.92 Å². The second kappa shape index (κ2) is 5.03. The quantitative estimate of drug-likeness (QED) is 0.633. The van der Waals surface area contributed by atoms with Crippen molar-refractivity contribution in [2.75, 3.05) is 18.2 Å². The number of carbonyl (C=O) groups excluding carboxylic acids is 1. The predicted octanol–water partition coefficient (Wildman–Crippen LogP) is 2.03. The molecule has 0 bridgehead atoms. The van der Waals surface area contributed by atoms with Crippen LogP contribution in [-0.2, 0) is 9.53 Å². The molecule has 0 aromatic heterocycles. The molecule has 4 nitrogen and oxygen atoms in total. The number of hydrogen-bond acceptors (Lipinski definition) is 4. The van der Waals surface area contributed by atoms with E-state index in [0.29, 0.717) is 5.69 Å². The molecule has 88 valence electrons. The first kappa shape index (κ1) is 12.6. The largest absolute Gasteiger partial charge is 0.467 e. The summed E-state index contributed by atoms with van der Waals surface area (Å²) in [5.74, 6) is -1.06. The van der Waals surface area contributed by atoms with Crippen LogP contribution in [0.3, 0.4) is 0 Å². The van der Waals surface area contributed by atoms with Gasteiger partial charge in [-0.15, -0.1) is 0 Å². The first-order valence-electron chi connectivity index (χ1n) is 4.54. The molecule has 16 heavy (non-hydrogen) atoms. The number of esters is 1. The number of hydrogen-bond donors (Lipinski definition) is 2. The Morgan fingerprint density at radius 2 is 2.25 bits per heavy atom. The van der Waals surface area contributed by atoms with Gasteiger partial charge in [-0.25, -0.2) is 9.18 Å². The highest BCUT2D eigenvalue weighted by Gasteiger charge is 2.15. The average Bonchev–Trinajstić information content (AvgIpc) is 2.24. The molecule has 0 fully saturated rings. The van der Waals surface area contributed by atoms with Gasteiger partial charge < -0.3 is 15.8 Å². The van der Waals surface area contributed by atoms with E-state index in [1.165, 1.54) is 13.2 Å². The first-order chi connectivity index (χ1) is 7.45. The summed E-state index contributed by atoms with van der Waals surface area (Å²) < 4.78 is 17.7. The number of carbonyl (C=O) groups is 1. The number of ether oxygens (including phenoxy) is 1. The lowest BCUT2D eigenvalue weighted by Gasteiger charge is -2.15. The van der Waals surface area contributed by atoms with Crippen LogP contribution in [0.2, 0.25) is 5.02 Å². The zero-order valence-electron chi connectivity index (χ0n) is 8.88. The number of anilines is 2. The standard InChI is InChI=1S/C10H12ClFN2O2/c1-5(10(15)16-2)14-9-4-7(12)6(11)3-8(9)13/h3-5,14H,13H2,1-2H3. The third kappa shape index (κ3) is 2.76. The highest BCUT2D eigenvalue weighted by Crippen LogP contribution is 2.26. The fourth-order valence-corrected chi connectivity index (χ4v) is 1.33. The molecule has 0 radical (unpaired) electrons. The van der Waals surface area contributed by atoms with E-state index in [1.54, 1.807) is 6.92 Å². The van der Waals surface area contributed by atoms with E-state index in [4.69, 9.17) is 17.3 Å². The minimum absolute atomic E-state index is 0.0613. The third-order valence-corrected chi connectivity index (χ3v) is 2.31. The first-order valence-corrected chi connectivity index (χ1v) is 4.92. The summed E-state index contributed by atoms with van der Waals surface area (Å²) in [6.07, 6.45) is 0. The Labute approximate surface area is 97.5 Å². The van der Waals surface area contributed by atoms with Crippen LogP contribution in [0.5, 0.6) is 0 Å². The molecule has 1 unspecified atom stereocenters. The summed E-state index contributed by atoms with van der Waals surface area (Å²) in [6.45, 7) is 1.58. The second-order valence-electron chi connectivity index (χ2n) is 3.24. The van der Waals surface area contributed by atoms with Crippen molar-refractivity contribution in [2.24, 2.45) is 0 Å². The Bertz CT molecular complexity index is 412. The van der Waals surface area contributed by atoms with Crippen LogP contribution in [0.25, 0.3) is 0 Å². The summed E-state index contributed by atoms with van der Waals surface area (Å²) in [7, 11) is 1.27. The maximum atomic E-state index is 13.1. The van der Waals surface area contributed by atoms with E-state index in [2.05, 4.69) is 10.1 Å². The third-order valence-electron chi connectivity index (χ3n) is 2.02. The summed E-state index contributed by atoms with van der Waals surface area (Å²) in [5, 5.41) is 2.67. The molecular weight excluding hydrogens is 235 g/mol. The van der Waals surface area contributed by atoms with E-state index >= 15 is 0 Å². The highest BCUT2D eigenvalue weighted by molar-refractivity contribution is 6.31. The zero-order valence-corrected chi connectivity index (χ0v) is 9.64. The second-order valence-corrected chi connectivity index (χ2v) is 3.65. The van der Waals surface area contributed by atoms with Gasteiger partial charge in [0.1, 0.15) is 11.9 Å². The molecule has 1 aromatic carbocycles. The summed E-state index contributed by atoms with van der Waals surface area (Å²) in [4.78, 5) is 11.1. The fourth-order valence-electron chi connectivity index (χ4n) is 1.16. The molecular formula is C10H12ClFN2O2. The zero-order chi connectivity index (χ0) is 12.3. The minimum Gasteiger partial charge on any atom is -0.467 e. The number of methoxy groups -OCH3 is 1. The van der Waals surface area contributed by atoms with E-state index in [1.807, 2.05) is 0 Å². The van der Waals surface area contributed by atoms with Crippen LogP contribution in [0.15, 0.2) is 12.1 Å². The number of rotatable bonds is 3. The van der Waals surface area contributed by atoms with Crippen molar-refractivity contribution in [1.82, 2.24) is 0 Å². The van der Waals surface area contributed by atoms with E-state index in [9.17, 15) is 9.18 Å². The van der Waals surface area contributed by atoms with Gasteiger partial charge >= 0.3 is 5.97 Å². The van der Waals surface area contributed by atoms with Gasteiger partial charge in [-0.3, -0.25) is 0 Å². The predicted molar refractivity (Wildman–Crippen MR) is 60.9 cm³/mol. The van der Waals surface area contributed by atoms with Gasteiger partial charge in [-0.1, -0.05) is 11.6 Å². The van der Waals surface area contributed by atoms with Crippen LogP contribution in [0.4, 0.5) is 15.8 Å². The van der Waals surface area contributed by atoms with Gasteiger partial charge in [-0.05, 0) is 13.0 Å². The van der Waals surface area contributed by atoms with Gasteiger partial charge in [0.25, 0.3) is 0 Å². The number of benzene rings is 1. The molecule has 1 atom stereocenters. The van der Waals surface area contributed by atoms with Crippen molar-refractivity contribution < 1.29 is 13.9 Å². The molecule has 0 aliphatic heterocycles. The van der Waals surface area contributed by atoms with Gasteiger partial charge in [0.2, 0.25) is 0 Å². The molecule has 1 rings (SSSR count). The van der Waals surface area contributed by atoms with E-state index in [-0.39, 0.29) is 10.7 Å². The topological polar surface area (TPSA) is 64.3 Å². The Kier molecular flexibility index (Phi) is 3.95. The maximum Gasteiger partial charge on any atom is 0.327 e. The SMILES string of the molecule is COC(=O)C(C)Nc1cc(F)c(Cl)cc1N. The monoisotopic (exact) mass is 246 g/mol. The van der Waals surface area contributed by atoms with Gasteiger partial charge in [0, 0.05) is 6.07 Å². The van der Waals surface area contributed by atoms with Crippen molar-refractivity contribution in [2.45, 2.75) is 13.0 Å². The highest BCUT2D eigenvalue weighted by atomic mass is 35.5. The molecule has 1 aromatic rings. The van der Waals surface area contributed by atoms with E-state index in [0.717, 1.165) is 6.07 Å². The summed E-state index contributed by atoms with van der Waals surface area (Å²) in [5.41, 5.74) is 6.19.